The van der Waals surface area contributed by atoms with Crippen LogP contribution in [-0.4, -0.2) is 44.0 Å². The Kier molecular flexibility index (Phi) is 5.73. The highest BCUT2D eigenvalue weighted by molar-refractivity contribution is 6.16. The first-order chi connectivity index (χ1) is 15.4. The van der Waals surface area contributed by atoms with Crippen LogP contribution in [0.5, 0.6) is 5.75 Å². The van der Waals surface area contributed by atoms with Crippen LogP contribution < -0.4 is 4.74 Å². The Morgan fingerprint density at radius 2 is 2.03 bits per heavy atom. The summed E-state index contributed by atoms with van der Waals surface area (Å²) in [5.74, 6) is -2.61. The average molecular weight is 441 g/mol. The van der Waals surface area contributed by atoms with Gasteiger partial charge in [-0.3, -0.25) is 19.7 Å². The molecule has 0 N–H and O–H groups in total. The maximum atomic E-state index is 13.9. The summed E-state index contributed by atoms with van der Waals surface area (Å²) in [4.78, 5) is 38.6. The van der Waals surface area contributed by atoms with Crippen molar-refractivity contribution in [2.24, 2.45) is 5.41 Å². The highest BCUT2D eigenvalue weighted by Crippen LogP contribution is 2.60. The number of methoxy groups -OCH3 is 2. The summed E-state index contributed by atoms with van der Waals surface area (Å²) in [6.07, 6.45) is 2.55. The average Bonchev–Trinajstić information content (AvgIpc) is 3.43. The summed E-state index contributed by atoms with van der Waals surface area (Å²) in [5.41, 5.74) is -0.653. The molecule has 0 bridgehead atoms. The van der Waals surface area contributed by atoms with Gasteiger partial charge in [-0.05, 0) is 48.2 Å². The van der Waals surface area contributed by atoms with Crippen LogP contribution in [0.3, 0.4) is 0 Å². The number of carbonyl (C=O) groups excluding carboxylic acids is 2. The second-order valence-electron chi connectivity index (χ2n) is 7.79. The normalized spacial score (nSPS) is 23.3. The van der Waals surface area contributed by atoms with Gasteiger partial charge in [0.05, 0.1) is 27.1 Å². The van der Waals surface area contributed by atoms with Crippen molar-refractivity contribution in [1.29, 1.82) is 0 Å². The number of ether oxygens (including phenoxy) is 3. The van der Waals surface area contributed by atoms with Crippen LogP contribution in [0, 0.1) is 15.5 Å². The van der Waals surface area contributed by atoms with Crippen LogP contribution in [0.15, 0.2) is 58.4 Å². The van der Waals surface area contributed by atoms with Crippen LogP contribution in [-0.2, 0) is 19.1 Å². The molecule has 1 aromatic carbocycles. The molecule has 0 radical (unpaired) electrons. The number of rotatable bonds is 7. The Hall–Kier alpha value is -3.62. The van der Waals surface area contributed by atoms with Crippen molar-refractivity contribution < 1.29 is 33.1 Å². The predicted molar refractivity (Wildman–Crippen MR) is 111 cm³/mol. The summed E-state index contributed by atoms with van der Waals surface area (Å²) in [5, 5.41) is 11.7. The first-order valence-electron chi connectivity index (χ1n) is 10.2. The molecule has 2 aliphatic rings. The molecule has 1 aliphatic carbocycles. The molecule has 4 rings (SSSR count). The molecule has 2 heterocycles. The summed E-state index contributed by atoms with van der Waals surface area (Å²) in [6, 6.07) is 10.1. The highest BCUT2D eigenvalue weighted by atomic mass is 16.6. The molecule has 0 fully saturated rings. The second kappa shape index (κ2) is 8.49. The van der Waals surface area contributed by atoms with Gasteiger partial charge in [0.1, 0.15) is 17.4 Å². The Balaban J connectivity index is 1.99. The lowest BCUT2D eigenvalue weighted by Gasteiger charge is -2.36. The summed E-state index contributed by atoms with van der Waals surface area (Å²) < 4.78 is 21.6. The maximum absolute atomic E-state index is 13.9. The van der Waals surface area contributed by atoms with Gasteiger partial charge >= 0.3 is 5.97 Å². The Morgan fingerprint density at radius 3 is 2.62 bits per heavy atom. The standard InChI is InChI=1S/C23H23NO8/c1-29-15-9-7-14(8-10-15)19-16-5-3-12-32-20(16)21(25)23(19,22(26)30-2)17(13-24(27)28)18-6-4-11-31-18/h4,6-11,17,19H,3,5,12-13H2,1-2H3/t17-,19+,23-/m0/s1. The minimum absolute atomic E-state index is 0.0994. The molecule has 1 aliphatic heterocycles. The number of ketones is 1. The van der Waals surface area contributed by atoms with Crippen LogP contribution in [0.2, 0.25) is 0 Å². The number of Topliss-reactive ketones (excluding diaryl/α,β-unsaturated/α-hetero) is 1. The zero-order chi connectivity index (χ0) is 22.9. The van der Waals surface area contributed by atoms with Crippen molar-refractivity contribution >= 4 is 11.8 Å². The molecule has 2 aromatic rings. The molecule has 0 unspecified atom stereocenters. The van der Waals surface area contributed by atoms with Crippen molar-refractivity contribution in [2.45, 2.75) is 24.7 Å². The number of benzene rings is 1. The molecule has 0 saturated heterocycles. The molecule has 0 amide bonds. The van der Waals surface area contributed by atoms with Gasteiger partial charge < -0.3 is 18.6 Å². The molecule has 9 nitrogen and oxygen atoms in total. The van der Waals surface area contributed by atoms with Crippen molar-refractivity contribution in [3.8, 4) is 5.75 Å². The first kappa shape index (κ1) is 21.6. The Labute approximate surface area is 184 Å². The molecule has 0 spiro atoms. The van der Waals surface area contributed by atoms with Crippen molar-refractivity contribution in [2.75, 3.05) is 27.4 Å². The van der Waals surface area contributed by atoms with E-state index in [1.807, 2.05) is 0 Å². The van der Waals surface area contributed by atoms with E-state index in [1.165, 1.54) is 26.5 Å². The van der Waals surface area contributed by atoms with Crippen LogP contribution in [0.1, 0.15) is 36.0 Å². The number of allylic oxidation sites excluding steroid dienone is 2. The molecular weight excluding hydrogens is 418 g/mol. The zero-order valence-corrected chi connectivity index (χ0v) is 17.7. The van der Waals surface area contributed by atoms with Gasteiger partial charge in [-0.2, -0.15) is 0 Å². The molecule has 1 aromatic heterocycles. The minimum Gasteiger partial charge on any atom is -0.497 e. The molecule has 9 heteroatoms. The van der Waals surface area contributed by atoms with E-state index in [9.17, 15) is 19.7 Å². The molecular formula is C23H23NO8. The van der Waals surface area contributed by atoms with Gasteiger partial charge in [0.25, 0.3) is 0 Å². The monoisotopic (exact) mass is 441 g/mol. The summed E-state index contributed by atoms with van der Waals surface area (Å²) in [7, 11) is 2.71. The lowest BCUT2D eigenvalue weighted by Crippen LogP contribution is -2.49. The van der Waals surface area contributed by atoms with E-state index in [0.717, 1.165) is 0 Å². The number of nitro groups is 1. The lowest BCUT2D eigenvalue weighted by atomic mass is 9.62. The van der Waals surface area contributed by atoms with Gasteiger partial charge in [-0.25, -0.2) is 0 Å². The lowest BCUT2D eigenvalue weighted by molar-refractivity contribution is -0.486. The fourth-order valence-corrected chi connectivity index (χ4v) is 4.96. The second-order valence-corrected chi connectivity index (χ2v) is 7.79. The van der Waals surface area contributed by atoms with Gasteiger partial charge in [0.15, 0.2) is 11.2 Å². The topological polar surface area (TPSA) is 118 Å². The van der Waals surface area contributed by atoms with Crippen LogP contribution >= 0.6 is 0 Å². The Morgan fingerprint density at radius 1 is 1.28 bits per heavy atom. The number of hydrogen-bond donors (Lipinski definition) is 0. The van der Waals surface area contributed by atoms with Crippen molar-refractivity contribution in [1.82, 2.24) is 0 Å². The summed E-state index contributed by atoms with van der Waals surface area (Å²) >= 11 is 0. The maximum Gasteiger partial charge on any atom is 0.321 e. The SMILES string of the molecule is COC(=O)[C@]1([C@@H](C[N+](=O)[O-])c2ccco2)C(=O)C2=C(CCCO2)[C@H]1c1ccc(OC)cc1. The van der Waals surface area contributed by atoms with Gasteiger partial charge in [-0.1, -0.05) is 12.1 Å². The quantitative estimate of drug-likeness (QED) is 0.278. The number of esters is 1. The Bertz CT molecular complexity index is 1060. The first-order valence-corrected chi connectivity index (χ1v) is 10.2. The van der Waals surface area contributed by atoms with Crippen molar-refractivity contribution in [3.63, 3.8) is 0 Å². The van der Waals surface area contributed by atoms with Gasteiger partial charge in [-0.15, -0.1) is 0 Å². The van der Waals surface area contributed by atoms with E-state index >= 15 is 0 Å². The number of carbonyl (C=O) groups is 2. The van der Waals surface area contributed by atoms with E-state index in [2.05, 4.69) is 0 Å². The molecule has 32 heavy (non-hydrogen) atoms. The van der Waals surface area contributed by atoms with E-state index in [4.69, 9.17) is 18.6 Å². The number of nitrogens with zero attached hydrogens (tertiary/aromatic N) is 1. The molecule has 0 saturated carbocycles. The van der Waals surface area contributed by atoms with Gasteiger partial charge in [0, 0.05) is 10.8 Å². The van der Waals surface area contributed by atoms with E-state index in [1.54, 1.807) is 30.3 Å². The minimum atomic E-state index is -1.94. The van der Waals surface area contributed by atoms with Gasteiger partial charge in [0.2, 0.25) is 12.3 Å². The number of hydrogen-bond acceptors (Lipinski definition) is 8. The highest BCUT2D eigenvalue weighted by Gasteiger charge is 2.68. The predicted octanol–water partition coefficient (Wildman–Crippen LogP) is 3.24. The largest absolute Gasteiger partial charge is 0.497 e. The molecule has 3 atom stereocenters. The fourth-order valence-electron chi connectivity index (χ4n) is 4.96. The van der Waals surface area contributed by atoms with Crippen LogP contribution in [0.25, 0.3) is 0 Å². The molecule has 168 valence electrons. The van der Waals surface area contributed by atoms with E-state index in [0.29, 0.717) is 36.3 Å². The number of furan rings is 1. The fraction of sp³-hybridized carbons (Fsp3) is 0.391. The van der Waals surface area contributed by atoms with E-state index in [-0.39, 0.29) is 11.5 Å². The smallest absolute Gasteiger partial charge is 0.321 e. The van der Waals surface area contributed by atoms with E-state index < -0.39 is 40.5 Å². The third kappa shape index (κ3) is 3.24. The van der Waals surface area contributed by atoms with Crippen LogP contribution in [0.4, 0.5) is 0 Å². The third-order valence-electron chi connectivity index (χ3n) is 6.25. The summed E-state index contributed by atoms with van der Waals surface area (Å²) in [6.45, 7) is -0.362. The van der Waals surface area contributed by atoms with Crippen molar-refractivity contribution in [3.05, 3.63) is 75.4 Å². The zero-order valence-electron chi connectivity index (χ0n) is 17.7. The third-order valence-corrected chi connectivity index (χ3v) is 6.25.